The Morgan fingerprint density at radius 1 is 1.06 bits per heavy atom. The molecule has 2 amide bonds. The number of hydrogen-bond acceptors (Lipinski definition) is 13. The molecule has 2 aliphatic rings. The van der Waals surface area contributed by atoms with Gasteiger partial charge in [0.15, 0.2) is 0 Å². The molecular formula is C37H38ClN9O5S2. The quantitative estimate of drug-likeness (QED) is 0.0661. The third-order valence-electron chi connectivity index (χ3n) is 9.25. The van der Waals surface area contributed by atoms with Gasteiger partial charge in [-0.05, 0) is 41.5 Å². The summed E-state index contributed by atoms with van der Waals surface area (Å²) in [5.41, 5.74) is 3.08. The molecule has 280 valence electrons. The van der Waals surface area contributed by atoms with Crippen LogP contribution in [0.25, 0.3) is 11.3 Å². The van der Waals surface area contributed by atoms with Crippen molar-refractivity contribution in [3.05, 3.63) is 112 Å². The van der Waals surface area contributed by atoms with Gasteiger partial charge in [-0.3, -0.25) is 9.59 Å². The zero-order valence-corrected chi connectivity index (χ0v) is 32.1. The monoisotopic (exact) mass is 787 g/mol. The van der Waals surface area contributed by atoms with Gasteiger partial charge in [-0.15, -0.1) is 21.9 Å². The molecule has 0 aliphatic carbocycles. The number of nitrogens with zero attached hydrogens (tertiary/aromatic N) is 7. The largest absolute Gasteiger partial charge is 0.366 e. The van der Waals surface area contributed by atoms with E-state index in [2.05, 4.69) is 31.3 Å². The Balaban J connectivity index is 1.10. The van der Waals surface area contributed by atoms with Crippen molar-refractivity contribution in [3.8, 4) is 11.3 Å². The van der Waals surface area contributed by atoms with Crippen molar-refractivity contribution in [2.24, 2.45) is 7.05 Å². The first-order chi connectivity index (χ1) is 26.1. The maximum atomic E-state index is 14.4. The Bertz CT molecular complexity index is 2120. The fourth-order valence-electron chi connectivity index (χ4n) is 6.52. The first-order valence-electron chi connectivity index (χ1n) is 17.3. The number of nitrogens with one attached hydrogen (secondary N) is 2. The zero-order valence-electron chi connectivity index (χ0n) is 29.7. The first kappa shape index (κ1) is 37.6. The van der Waals surface area contributed by atoms with Crippen LogP contribution in [0.5, 0.6) is 0 Å². The molecule has 17 heteroatoms. The molecule has 2 N–H and O–H groups in total. The van der Waals surface area contributed by atoms with E-state index >= 15 is 0 Å². The van der Waals surface area contributed by atoms with Gasteiger partial charge < -0.3 is 24.9 Å². The van der Waals surface area contributed by atoms with E-state index in [-0.39, 0.29) is 17.0 Å². The molecule has 0 saturated carbocycles. The fraction of sp³-hybridized carbons (Fsp3) is 0.324. The predicted octanol–water partition coefficient (Wildman–Crippen LogP) is 4.51. The second kappa shape index (κ2) is 16.3. The average Bonchev–Trinajstić information content (AvgIpc) is 3.85. The summed E-state index contributed by atoms with van der Waals surface area (Å²) in [7, 11) is 1.73. The number of thioether (sulfide) groups is 2. The van der Waals surface area contributed by atoms with Crippen molar-refractivity contribution in [3.63, 3.8) is 0 Å². The van der Waals surface area contributed by atoms with Crippen LogP contribution in [0, 0.1) is 6.92 Å². The van der Waals surface area contributed by atoms with Crippen LogP contribution in [-0.2, 0) is 34.6 Å². The number of β-lactam (4-membered cyclic amide) rings is 1. The molecule has 5 aromatic rings. The second-order valence-corrected chi connectivity index (χ2v) is 16.2. The van der Waals surface area contributed by atoms with Crippen molar-refractivity contribution in [2.45, 2.75) is 54.3 Å². The minimum absolute atomic E-state index is 0.179. The SMILES string of the molecule is Cc1onc(-c2ccccc2Cl)c1C(=O)NC1C(=O)N2C1SC(C)(CSc1nnnn1C)C2C(=O)ON(CCNCc1ccccc1)Cc1ccccc1. The molecule has 2 saturated heterocycles. The van der Waals surface area contributed by atoms with E-state index in [0.717, 1.165) is 11.1 Å². The maximum Gasteiger partial charge on any atom is 0.349 e. The molecule has 2 fully saturated rings. The smallest absolute Gasteiger partial charge is 0.349 e. The molecule has 0 radical (unpaired) electrons. The summed E-state index contributed by atoms with van der Waals surface area (Å²) in [4.78, 5) is 50.0. The number of benzene rings is 3. The van der Waals surface area contributed by atoms with Crippen LogP contribution < -0.4 is 10.6 Å². The molecule has 4 unspecified atom stereocenters. The summed E-state index contributed by atoms with van der Waals surface area (Å²) in [6, 6.07) is 24.9. The van der Waals surface area contributed by atoms with E-state index < -0.39 is 40.0 Å². The minimum Gasteiger partial charge on any atom is -0.366 e. The fourth-order valence-corrected chi connectivity index (χ4v) is 9.64. The van der Waals surface area contributed by atoms with Gasteiger partial charge in [-0.1, -0.05) is 107 Å². The van der Waals surface area contributed by atoms with Gasteiger partial charge in [0.25, 0.3) is 5.91 Å². The van der Waals surface area contributed by atoms with E-state index in [1.807, 2.05) is 67.6 Å². The number of hydroxylamine groups is 2. The number of rotatable bonds is 15. The molecule has 14 nitrogen and oxygen atoms in total. The number of fused-ring (bicyclic) bond motifs is 1. The lowest BCUT2D eigenvalue weighted by atomic mass is 9.95. The topological polar surface area (TPSA) is 161 Å². The van der Waals surface area contributed by atoms with E-state index in [1.165, 1.54) is 28.4 Å². The summed E-state index contributed by atoms with van der Waals surface area (Å²) in [5, 5.41) is 24.2. The molecule has 54 heavy (non-hydrogen) atoms. The summed E-state index contributed by atoms with van der Waals surface area (Å²) in [6.45, 7) is 5.49. The molecule has 0 spiro atoms. The highest BCUT2D eigenvalue weighted by Crippen LogP contribution is 2.53. The Hall–Kier alpha value is -4.74. The van der Waals surface area contributed by atoms with Gasteiger partial charge in [0.05, 0.1) is 16.3 Å². The van der Waals surface area contributed by atoms with Crippen LogP contribution in [0.2, 0.25) is 5.02 Å². The summed E-state index contributed by atoms with van der Waals surface area (Å²) in [6.07, 6.45) is 0. The molecule has 7 rings (SSSR count). The van der Waals surface area contributed by atoms with Crippen molar-refractivity contribution in [2.75, 3.05) is 18.8 Å². The Morgan fingerprint density at radius 3 is 2.46 bits per heavy atom. The molecule has 3 aromatic carbocycles. The lowest BCUT2D eigenvalue weighted by Gasteiger charge is -2.44. The van der Waals surface area contributed by atoms with Gasteiger partial charge in [0, 0.05) is 38.0 Å². The predicted molar refractivity (Wildman–Crippen MR) is 204 cm³/mol. The summed E-state index contributed by atoms with van der Waals surface area (Å²) in [5.74, 6) is -0.860. The van der Waals surface area contributed by atoms with Crippen molar-refractivity contribution in [1.29, 1.82) is 0 Å². The lowest BCUT2D eigenvalue weighted by molar-refractivity contribution is -0.203. The van der Waals surface area contributed by atoms with Crippen LogP contribution in [0.15, 0.2) is 94.6 Å². The number of halogens is 1. The Kier molecular flexibility index (Phi) is 11.4. The highest BCUT2D eigenvalue weighted by molar-refractivity contribution is 8.04. The van der Waals surface area contributed by atoms with E-state index in [9.17, 15) is 14.4 Å². The standard InChI is InChI=1S/C37H38ClN9O5S2/c1-23-28(29(42-51-23)26-16-10-11-17-27(26)38)32(48)40-30-33(49)47-31(37(2,54-34(30)47)22-53-36-41-43-44-45(36)3)35(50)52-46(21-25-14-8-5-9-15-25)19-18-39-20-24-12-6-4-7-13-24/h4-17,30-31,34,39H,18-22H2,1-3H3,(H,40,48). The van der Waals surface area contributed by atoms with E-state index in [1.54, 1.807) is 48.0 Å². The van der Waals surface area contributed by atoms with Gasteiger partial charge in [-0.25, -0.2) is 9.48 Å². The minimum atomic E-state index is -0.978. The van der Waals surface area contributed by atoms with Crippen LogP contribution in [0.3, 0.4) is 0 Å². The first-order valence-corrected chi connectivity index (χ1v) is 19.5. The van der Waals surface area contributed by atoms with Gasteiger partial charge in [0.2, 0.25) is 11.1 Å². The van der Waals surface area contributed by atoms with Crippen LogP contribution in [0.4, 0.5) is 0 Å². The maximum absolute atomic E-state index is 14.4. The molecule has 2 aliphatic heterocycles. The van der Waals surface area contributed by atoms with Crippen molar-refractivity contribution < 1.29 is 23.7 Å². The number of aryl methyl sites for hydroxylation is 2. The van der Waals surface area contributed by atoms with Crippen LogP contribution >= 0.6 is 35.1 Å². The second-order valence-electron chi connectivity index (χ2n) is 13.2. The molecule has 4 atom stereocenters. The number of hydrogen-bond donors (Lipinski definition) is 2. The van der Waals surface area contributed by atoms with Crippen LogP contribution in [0.1, 0.15) is 34.2 Å². The van der Waals surface area contributed by atoms with E-state index in [4.69, 9.17) is 21.0 Å². The van der Waals surface area contributed by atoms with Crippen molar-refractivity contribution in [1.82, 2.24) is 46.0 Å². The third-order valence-corrected chi connectivity index (χ3v) is 12.8. The highest BCUT2D eigenvalue weighted by Gasteiger charge is 2.66. The van der Waals surface area contributed by atoms with Gasteiger partial charge in [-0.2, -0.15) is 0 Å². The van der Waals surface area contributed by atoms with Crippen LogP contribution in [-0.4, -0.2) is 94.2 Å². The third kappa shape index (κ3) is 7.88. The Morgan fingerprint density at radius 2 is 1.76 bits per heavy atom. The molecule has 0 bridgehead atoms. The van der Waals surface area contributed by atoms with E-state index in [0.29, 0.717) is 47.7 Å². The number of tetrazole rings is 1. The molecule has 2 aromatic heterocycles. The van der Waals surface area contributed by atoms with Crippen molar-refractivity contribution >= 4 is 52.9 Å². The molecule has 4 heterocycles. The lowest BCUT2D eigenvalue weighted by Crippen LogP contribution is -2.71. The average molecular weight is 788 g/mol. The molecular weight excluding hydrogens is 750 g/mol. The number of amides is 2. The number of aromatic nitrogens is 5. The summed E-state index contributed by atoms with van der Waals surface area (Å²) < 4.78 is 6.10. The van der Waals surface area contributed by atoms with Gasteiger partial charge >= 0.3 is 5.97 Å². The number of carbonyl (C=O) groups excluding carboxylic acids is 3. The number of carbonyl (C=O) groups is 3. The highest BCUT2D eigenvalue weighted by atomic mass is 35.5. The van der Waals surface area contributed by atoms with Gasteiger partial charge in [0.1, 0.15) is 34.5 Å². The normalized spacial score (nSPS) is 20.5. The Labute approximate surface area is 325 Å². The zero-order chi connectivity index (χ0) is 37.8. The summed E-state index contributed by atoms with van der Waals surface area (Å²) >= 11 is 9.24.